The van der Waals surface area contributed by atoms with Crippen molar-refractivity contribution in [3.8, 4) is 0 Å². The van der Waals surface area contributed by atoms with E-state index in [1.165, 1.54) is 38.9 Å². The molecule has 0 aromatic rings. The average Bonchev–Trinajstić information content (AvgIpc) is 2.35. The van der Waals surface area contributed by atoms with Crippen LogP contribution in [0.25, 0.3) is 0 Å². The highest BCUT2D eigenvalue weighted by atomic mass is 32.2. The van der Waals surface area contributed by atoms with E-state index in [1.807, 2.05) is 6.26 Å². The van der Waals surface area contributed by atoms with E-state index in [0.29, 0.717) is 11.3 Å². The summed E-state index contributed by atoms with van der Waals surface area (Å²) < 4.78 is 11.4. The van der Waals surface area contributed by atoms with Crippen molar-refractivity contribution >= 4 is 10.8 Å². The fourth-order valence-electron chi connectivity index (χ4n) is 3.24. The third-order valence-electron chi connectivity index (χ3n) is 4.71. The normalized spacial score (nSPS) is 33.9. The Morgan fingerprint density at radius 2 is 2.11 bits per heavy atom. The lowest BCUT2D eigenvalue weighted by atomic mass is 9.97. The molecule has 0 N–H and O–H groups in total. The van der Waals surface area contributed by atoms with Crippen molar-refractivity contribution in [2.75, 3.05) is 32.4 Å². The van der Waals surface area contributed by atoms with Gasteiger partial charge in [-0.2, -0.15) is 0 Å². The maximum Gasteiger partial charge on any atom is 0.0329 e. The maximum atomic E-state index is 11.4. The highest BCUT2D eigenvalue weighted by Gasteiger charge is 2.32. The van der Waals surface area contributed by atoms with E-state index >= 15 is 0 Å². The minimum Gasteiger partial charge on any atom is -0.298 e. The number of hydrogen-bond acceptors (Lipinski definition) is 3. The molecule has 0 amide bonds. The highest BCUT2D eigenvalue weighted by Crippen LogP contribution is 2.24. The second-order valence-electron chi connectivity index (χ2n) is 6.09. The molecule has 0 radical (unpaired) electrons. The van der Waals surface area contributed by atoms with E-state index in [2.05, 4.69) is 23.6 Å². The average molecular weight is 272 g/mol. The minimum atomic E-state index is -0.671. The molecule has 0 spiro atoms. The number of rotatable bonds is 4. The Kier molecular flexibility index (Phi) is 5.22. The van der Waals surface area contributed by atoms with Crippen LogP contribution in [0.4, 0.5) is 0 Å². The summed E-state index contributed by atoms with van der Waals surface area (Å²) in [6, 6.07) is 1.45. The van der Waals surface area contributed by atoms with Crippen LogP contribution in [0.2, 0.25) is 0 Å². The van der Waals surface area contributed by atoms with Crippen molar-refractivity contribution in [3.63, 3.8) is 0 Å². The van der Waals surface area contributed by atoms with Gasteiger partial charge in [-0.3, -0.25) is 14.0 Å². The SMILES string of the molecule is CC1CN2CCCCC2CN1CCC(C)S(C)=O. The van der Waals surface area contributed by atoms with Gasteiger partial charge >= 0.3 is 0 Å². The van der Waals surface area contributed by atoms with Gasteiger partial charge in [0.15, 0.2) is 0 Å². The standard InChI is InChI=1S/C14H28N2OS/c1-12-10-16-8-5-4-6-14(16)11-15(12)9-7-13(2)18(3)17/h12-14H,4-11H2,1-3H3. The fraction of sp³-hybridized carbons (Fsp3) is 1.00. The van der Waals surface area contributed by atoms with E-state index in [9.17, 15) is 4.21 Å². The third-order valence-corrected chi connectivity index (χ3v) is 6.07. The minimum absolute atomic E-state index is 0.335. The van der Waals surface area contributed by atoms with Gasteiger partial charge in [-0.25, -0.2) is 0 Å². The van der Waals surface area contributed by atoms with Crippen molar-refractivity contribution in [2.24, 2.45) is 0 Å². The Bertz CT molecular complexity index is 298. The Labute approximate surface area is 114 Å². The Morgan fingerprint density at radius 3 is 2.83 bits per heavy atom. The quantitative estimate of drug-likeness (QED) is 0.778. The van der Waals surface area contributed by atoms with Gasteiger partial charge in [0, 0.05) is 47.5 Å². The van der Waals surface area contributed by atoms with Crippen LogP contribution in [-0.4, -0.2) is 63.8 Å². The molecule has 4 heteroatoms. The summed E-state index contributed by atoms with van der Waals surface area (Å²) in [6.45, 7) is 9.33. The van der Waals surface area contributed by atoms with Crippen LogP contribution in [0.1, 0.15) is 39.5 Å². The number of piperazine rings is 1. The number of hydrogen-bond donors (Lipinski definition) is 0. The smallest absolute Gasteiger partial charge is 0.0329 e. The molecule has 4 atom stereocenters. The van der Waals surface area contributed by atoms with Gasteiger partial charge in [0.25, 0.3) is 0 Å². The van der Waals surface area contributed by atoms with Gasteiger partial charge in [0.1, 0.15) is 0 Å². The monoisotopic (exact) mass is 272 g/mol. The predicted molar refractivity (Wildman–Crippen MR) is 78.4 cm³/mol. The van der Waals surface area contributed by atoms with Crippen LogP contribution in [-0.2, 0) is 10.8 Å². The topological polar surface area (TPSA) is 23.6 Å². The Balaban J connectivity index is 1.83. The second-order valence-corrected chi connectivity index (χ2v) is 7.89. The van der Waals surface area contributed by atoms with Crippen LogP contribution in [0.5, 0.6) is 0 Å². The lowest BCUT2D eigenvalue weighted by molar-refractivity contribution is 0.0150. The zero-order valence-corrected chi connectivity index (χ0v) is 12.9. The van der Waals surface area contributed by atoms with Gasteiger partial charge in [-0.15, -0.1) is 0 Å². The molecule has 2 saturated heterocycles. The van der Waals surface area contributed by atoms with Gasteiger partial charge < -0.3 is 0 Å². The number of fused-ring (bicyclic) bond motifs is 1. The Morgan fingerprint density at radius 1 is 1.33 bits per heavy atom. The lowest BCUT2D eigenvalue weighted by Gasteiger charge is -2.47. The van der Waals surface area contributed by atoms with Crippen LogP contribution < -0.4 is 0 Å². The van der Waals surface area contributed by atoms with Crippen LogP contribution in [0.15, 0.2) is 0 Å². The van der Waals surface area contributed by atoms with E-state index in [-0.39, 0.29) is 0 Å². The first kappa shape index (κ1) is 14.5. The van der Waals surface area contributed by atoms with E-state index in [0.717, 1.165) is 19.0 Å². The molecule has 2 fully saturated rings. The summed E-state index contributed by atoms with van der Waals surface area (Å²) >= 11 is 0. The van der Waals surface area contributed by atoms with Crippen molar-refractivity contribution in [2.45, 2.75) is 56.9 Å². The summed E-state index contributed by atoms with van der Waals surface area (Å²) in [5.74, 6) is 0. The summed E-state index contributed by atoms with van der Waals surface area (Å²) in [6.07, 6.45) is 7.06. The van der Waals surface area contributed by atoms with Gasteiger partial charge in [0.2, 0.25) is 0 Å². The summed E-state index contributed by atoms with van der Waals surface area (Å²) in [7, 11) is -0.671. The van der Waals surface area contributed by atoms with Gasteiger partial charge in [-0.1, -0.05) is 13.3 Å². The molecule has 2 aliphatic heterocycles. The number of piperidine rings is 1. The van der Waals surface area contributed by atoms with Crippen LogP contribution >= 0.6 is 0 Å². The molecule has 0 bridgehead atoms. The van der Waals surface area contributed by atoms with Crippen molar-refractivity contribution in [1.82, 2.24) is 9.80 Å². The fourth-order valence-corrected chi connectivity index (χ4v) is 3.68. The summed E-state index contributed by atoms with van der Waals surface area (Å²) in [5.41, 5.74) is 0. The van der Waals surface area contributed by atoms with Crippen molar-refractivity contribution in [1.29, 1.82) is 0 Å². The molecule has 0 aromatic heterocycles. The molecule has 106 valence electrons. The zero-order chi connectivity index (χ0) is 13.1. The molecule has 0 aliphatic carbocycles. The molecule has 2 heterocycles. The zero-order valence-electron chi connectivity index (χ0n) is 12.1. The molecule has 4 unspecified atom stereocenters. The molecule has 2 aliphatic rings. The maximum absolute atomic E-state index is 11.4. The lowest BCUT2D eigenvalue weighted by Crippen LogP contribution is -2.58. The van der Waals surface area contributed by atoms with Crippen LogP contribution in [0.3, 0.4) is 0 Å². The highest BCUT2D eigenvalue weighted by molar-refractivity contribution is 7.84. The summed E-state index contributed by atoms with van der Waals surface area (Å²) in [4.78, 5) is 5.31. The van der Waals surface area contributed by atoms with Crippen LogP contribution in [0, 0.1) is 0 Å². The molecule has 0 aromatic carbocycles. The Hall–Kier alpha value is 0.0700. The van der Waals surface area contributed by atoms with Crippen molar-refractivity contribution in [3.05, 3.63) is 0 Å². The number of nitrogens with zero attached hydrogens (tertiary/aromatic N) is 2. The molecule has 0 saturated carbocycles. The summed E-state index contributed by atoms with van der Waals surface area (Å²) in [5, 5.41) is 0.335. The second kappa shape index (κ2) is 6.49. The first-order chi connectivity index (χ1) is 8.58. The van der Waals surface area contributed by atoms with Crippen molar-refractivity contribution < 1.29 is 4.21 Å². The molecule has 18 heavy (non-hydrogen) atoms. The van der Waals surface area contributed by atoms with Gasteiger partial charge in [0.05, 0.1) is 0 Å². The molecular formula is C14H28N2OS. The molecule has 3 nitrogen and oxygen atoms in total. The third kappa shape index (κ3) is 3.55. The first-order valence-electron chi connectivity index (χ1n) is 7.38. The van der Waals surface area contributed by atoms with E-state index in [1.54, 1.807) is 0 Å². The molecule has 2 rings (SSSR count). The van der Waals surface area contributed by atoms with Gasteiger partial charge in [-0.05, 0) is 39.3 Å². The van der Waals surface area contributed by atoms with E-state index in [4.69, 9.17) is 0 Å². The predicted octanol–water partition coefficient (Wildman–Crippen LogP) is 1.70. The molecular weight excluding hydrogens is 244 g/mol. The first-order valence-corrected chi connectivity index (χ1v) is 9.00. The largest absolute Gasteiger partial charge is 0.298 e. The van der Waals surface area contributed by atoms with E-state index < -0.39 is 10.8 Å².